The third-order valence-corrected chi connectivity index (χ3v) is 17.3. The van der Waals surface area contributed by atoms with Gasteiger partial charge in [-0.1, -0.05) is 14.9 Å². The van der Waals surface area contributed by atoms with Gasteiger partial charge in [-0.2, -0.15) is 28.5 Å². The van der Waals surface area contributed by atoms with Gasteiger partial charge >= 0.3 is 6.18 Å². The van der Waals surface area contributed by atoms with E-state index in [9.17, 15) is 23.1 Å². The number of rotatable bonds is 23. The van der Waals surface area contributed by atoms with Crippen molar-refractivity contribution in [2.24, 2.45) is 25.7 Å². The first-order valence-electron chi connectivity index (χ1n) is 33.0. The minimum Gasteiger partial charge on any atom is -0.497 e. The summed E-state index contributed by atoms with van der Waals surface area (Å²) in [5.41, 5.74) is 19.4. The monoisotopic (exact) mass is 1430 g/mol. The van der Waals surface area contributed by atoms with Crippen molar-refractivity contribution >= 4 is 73.1 Å². The molecule has 1 atom stereocenters. The Kier molecular flexibility index (Phi) is 23.6. The molecule has 7 heterocycles. The fraction of sp³-hybridized carbons (Fsp3) is 0.286. The van der Waals surface area contributed by atoms with Crippen molar-refractivity contribution in [3.63, 3.8) is 0 Å². The molecule has 1 unspecified atom stereocenters. The number of nitrogens with zero attached hydrogens (tertiary/aromatic N) is 17. The SMILES string of the molecule is C.C.CCn1ccnc1CN(c1cc(OC)cc(OC)c1)c1ccc2ncc(-c3cnn(C)c3)nc2c1.COc1cc(C(N)=O)cc(N(CC2CC2)c2ccc3ncc(-c4cnn(C)c4)nc3c2)c1.COc1cc(OC)cc(N(CC(O)C(F)(F)F)c2ccc3ncc(-c4cnn(C(C)C)c4)nc3c2)c1. The topological polar surface area (TPSA) is 268 Å². The standard InChI is InChI=1S/C26H27N7O2.C25H26F3N5O3.C24H24N6O2.2CH4/c1-5-32-9-8-27-26(32)17-33(20-10-21(34-3)13-22(11-20)35-4)19-6-7-23-24(12-19)30-25(15-28-23)18-14-29-31(2)16-18;1-15(2)33-13-16(11-30-33)23-12-29-21-6-5-17(9-22(21)31-23)32(14-24(34)25(26,27)28)18-7-19(35-3)10-20(8-18)36-4;1-29-14-17(11-27-29)23-12-26-21-6-5-18(10-22(21)28-23)30(13-15-3-4-15)19-7-16(24(25)31)8-20(9-19)32-2;;/h6-16H,5,17H2,1-4H3;5-13,15,24,34H,14H2,1-4H3;5-12,14-15H,3-4,13H2,1-2H3,(H2,25,31);2*1H4. The van der Waals surface area contributed by atoms with Crippen LogP contribution in [-0.2, 0) is 27.2 Å². The van der Waals surface area contributed by atoms with Crippen molar-refractivity contribution in [1.82, 2.24) is 68.8 Å². The van der Waals surface area contributed by atoms with E-state index < -0.39 is 24.7 Å². The van der Waals surface area contributed by atoms with Crippen LogP contribution in [-0.4, -0.2) is 141 Å². The van der Waals surface area contributed by atoms with E-state index >= 15 is 0 Å². The van der Waals surface area contributed by atoms with Crippen molar-refractivity contribution in [2.75, 3.05) is 63.3 Å². The molecule has 0 aliphatic heterocycles. The van der Waals surface area contributed by atoms with Gasteiger partial charge in [-0.3, -0.25) is 33.8 Å². The summed E-state index contributed by atoms with van der Waals surface area (Å²) in [6.07, 6.45) is 15.0. The summed E-state index contributed by atoms with van der Waals surface area (Å²) in [6, 6.07) is 33.2. The Morgan fingerprint density at radius 1 is 0.543 bits per heavy atom. The highest BCUT2D eigenvalue weighted by atomic mass is 19.4. The van der Waals surface area contributed by atoms with Gasteiger partial charge in [-0.05, 0) is 106 Å². The maximum Gasteiger partial charge on any atom is 0.416 e. The van der Waals surface area contributed by atoms with Crippen LogP contribution in [0.2, 0.25) is 0 Å². The van der Waals surface area contributed by atoms with Crippen LogP contribution >= 0.6 is 0 Å². The van der Waals surface area contributed by atoms with Gasteiger partial charge in [0.05, 0.1) is 136 Å². The Morgan fingerprint density at radius 2 is 0.962 bits per heavy atom. The molecular weight excluding hydrogens is 1350 g/mol. The first-order chi connectivity index (χ1) is 49.7. The zero-order valence-corrected chi connectivity index (χ0v) is 58.4. The van der Waals surface area contributed by atoms with Crippen molar-refractivity contribution in [3.8, 4) is 62.5 Å². The number of aliphatic hydroxyl groups excluding tert-OH is 1. The van der Waals surface area contributed by atoms with Crippen molar-refractivity contribution in [1.29, 1.82) is 0 Å². The van der Waals surface area contributed by atoms with E-state index in [2.05, 4.69) is 61.5 Å². The number of methoxy groups -OCH3 is 5. The first-order valence-corrected chi connectivity index (χ1v) is 33.0. The predicted molar refractivity (Wildman–Crippen MR) is 401 cm³/mol. The molecule has 25 nitrogen and oxygen atoms in total. The molecular formula is C77H85F3N18O7. The molecule has 105 heavy (non-hydrogen) atoms. The molecule has 6 aromatic carbocycles. The summed E-state index contributed by atoms with van der Waals surface area (Å²) in [5.74, 6) is 3.87. The molecule has 0 radical (unpaired) electrons. The van der Waals surface area contributed by atoms with Gasteiger partial charge in [0, 0.05) is 163 Å². The molecule has 13 aromatic rings. The quantitative estimate of drug-likeness (QED) is 0.0602. The van der Waals surface area contributed by atoms with Crippen molar-refractivity contribution in [2.45, 2.75) is 79.9 Å². The summed E-state index contributed by atoms with van der Waals surface area (Å²) in [7, 11) is 11.5. The molecule has 1 aliphatic rings. The van der Waals surface area contributed by atoms with Crippen LogP contribution in [0.25, 0.3) is 66.9 Å². The van der Waals surface area contributed by atoms with Crippen LogP contribution in [0.5, 0.6) is 28.7 Å². The van der Waals surface area contributed by atoms with E-state index in [1.807, 2.05) is 126 Å². The van der Waals surface area contributed by atoms with Gasteiger partial charge in [-0.15, -0.1) is 0 Å². The van der Waals surface area contributed by atoms with Crippen molar-refractivity contribution < 1.29 is 46.8 Å². The number of amides is 1. The average Bonchev–Trinajstić information content (AvgIpc) is 0.876. The Labute approximate surface area is 606 Å². The van der Waals surface area contributed by atoms with E-state index in [4.69, 9.17) is 39.4 Å². The Morgan fingerprint density at radius 3 is 1.36 bits per heavy atom. The molecule has 1 aliphatic carbocycles. The van der Waals surface area contributed by atoms with Gasteiger partial charge in [0.15, 0.2) is 6.10 Å². The number of primary amides is 1. The highest BCUT2D eigenvalue weighted by molar-refractivity contribution is 5.95. The number of hydrogen-bond acceptors (Lipinski definition) is 20. The number of anilines is 6. The number of fused-ring (bicyclic) bond motifs is 3. The number of benzene rings is 6. The van der Waals surface area contributed by atoms with Gasteiger partial charge in [0.2, 0.25) is 5.91 Å². The van der Waals surface area contributed by atoms with Crippen LogP contribution in [0.4, 0.5) is 47.3 Å². The number of aromatic nitrogens is 14. The number of ether oxygens (including phenoxy) is 5. The minimum atomic E-state index is -4.80. The van der Waals surface area contributed by atoms with Crippen LogP contribution in [0.15, 0.2) is 177 Å². The van der Waals surface area contributed by atoms with E-state index in [0.717, 1.165) is 91.8 Å². The summed E-state index contributed by atoms with van der Waals surface area (Å²) in [6.45, 7) is 7.60. The molecule has 546 valence electrons. The lowest BCUT2D eigenvalue weighted by Crippen LogP contribution is -2.39. The minimum absolute atomic E-state index is 0. The number of alkyl halides is 3. The first kappa shape index (κ1) is 75.5. The summed E-state index contributed by atoms with van der Waals surface area (Å²) < 4.78 is 74.5. The molecule has 28 heteroatoms. The highest BCUT2D eigenvalue weighted by Gasteiger charge is 2.40. The smallest absolute Gasteiger partial charge is 0.416 e. The molecule has 1 saturated carbocycles. The van der Waals surface area contributed by atoms with Gasteiger partial charge in [0.1, 0.15) is 34.6 Å². The number of imidazole rings is 1. The van der Waals surface area contributed by atoms with E-state index in [-0.39, 0.29) is 20.9 Å². The number of carbonyl (C=O) groups excluding carboxylic acids is 1. The third-order valence-electron chi connectivity index (χ3n) is 17.3. The van der Waals surface area contributed by atoms with Crippen LogP contribution in [0.1, 0.15) is 70.7 Å². The third kappa shape index (κ3) is 17.8. The maximum absolute atomic E-state index is 13.3. The Bertz CT molecular complexity index is 5110. The van der Waals surface area contributed by atoms with Crippen molar-refractivity contribution in [3.05, 3.63) is 189 Å². The zero-order chi connectivity index (χ0) is 72.6. The molecule has 3 N–H and O–H groups in total. The van der Waals surface area contributed by atoms with Gasteiger partial charge in [0.25, 0.3) is 0 Å². The molecule has 1 amide bonds. The van der Waals surface area contributed by atoms with Crippen LogP contribution < -0.4 is 44.1 Å². The van der Waals surface area contributed by atoms with Gasteiger partial charge in [-0.25, -0.2) is 19.9 Å². The number of hydrogen-bond donors (Lipinski definition) is 2. The number of aliphatic hydroxyl groups is 1. The Hall–Kier alpha value is -12.2. The largest absolute Gasteiger partial charge is 0.497 e. The predicted octanol–water partition coefficient (Wildman–Crippen LogP) is 14.7. The van der Waals surface area contributed by atoms with Crippen LogP contribution in [0, 0.1) is 5.92 Å². The lowest BCUT2D eigenvalue weighted by atomic mass is 10.1. The average molecular weight is 1430 g/mol. The lowest BCUT2D eigenvalue weighted by Gasteiger charge is -2.29. The molecule has 1 fully saturated rings. The van der Waals surface area contributed by atoms with E-state index in [1.54, 1.807) is 115 Å². The van der Waals surface area contributed by atoms with Crippen LogP contribution in [0.3, 0.4) is 0 Å². The molecule has 0 saturated heterocycles. The maximum atomic E-state index is 13.3. The fourth-order valence-corrected chi connectivity index (χ4v) is 11.5. The van der Waals surface area contributed by atoms with E-state index in [1.165, 1.54) is 32.0 Å². The second kappa shape index (κ2) is 32.8. The Balaban J connectivity index is 0.000000167. The summed E-state index contributed by atoms with van der Waals surface area (Å²) >= 11 is 0. The zero-order valence-electron chi connectivity index (χ0n) is 58.4. The fourth-order valence-electron chi connectivity index (χ4n) is 11.5. The number of halogens is 3. The number of nitrogens with two attached hydrogens (primary N) is 1. The molecule has 7 aromatic heterocycles. The summed E-state index contributed by atoms with van der Waals surface area (Å²) in [4.78, 5) is 50.2. The van der Waals surface area contributed by atoms with E-state index in [0.29, 0.717) is 74.9 Å². The number of carbonyl (C=O) groups is 1. The molecule has 14 rings (SSSR count). The van der Waals surface area contributed by atoms with Gasteiger partial charge < -0.3 is 53.8 Å². The normalized spacial score (nSPS) is 12.1. The lowest BCUT2D eigenvalue weighted by molar-refractivity contribution is -0.199. The number of aryl methyl sites for hydroxylation is 3. The second-order valence-electron chi connectivity index (χ2n) is 24.8. The second-order valence-corrected chi connectivity index (χ2v) is 24.8. The summed E-state index contributed by atoms with van der Waals surface area (Å²) in [5, 5.41) is 22.7. The molecule has 0 spiro atoms. The highest BCUT2D eigenvalue weighted by Crippen LogP contribution is 2.41. The molecule has 0 bridgehead atoms.